The van der Waals surface area contributed by atoms with Crippen molar-refractivity contribution in [3.8, 4) is 0 Å². The van der Waals surface area contributed by atoms with Gasteiger partial charge in [-0.15, -0.1) is 6.58 Å². The average molecular weight is 302 g/mol. The molecular weight excluding hydrogens is 284 g/mol. The van der Waals surface area contributed by atoms with Crippen LogP contribution in [-0.2, 0) is 6.54 Å². The molecule has 0 saturated carbocycles. The van der Waals surface area contributed by atoms with Crippen molar-refractivity contribution in [1.82, 2.24) is 20.1 Å². The molecule has 5 nitrogen and oxygen atoms in total. The van der Waals surface area contributed by atoms with E-state index in [0.29, 0.717) is 22.7 Å². The van der Waals surface area contributed by atoms with Gasteiger partial charge in [-0.25, -0.2) is 0 Å². The van der Waals surface area contributed by atoms with Gasteiger partial charge in [0.15, 0.2) is 10.6 Å². The molecule has 1 aromatic carbocycles. The predicted molar refractivity (Wildman–Crippen MR) is 84.7 cm³/mol. The van der Waals surface area contributed by atoms with Gasteiger partial charge < -0.3 is 5.32 Å². The van der Waals surface area contributed by atoms with Crippen LogP contribution in [0.2, 0.25) is 0 Å². The van der Waals surface area contributed by atoms with Crippen LogP contribution in [0.3, 0.4) is 0 Å². The molecule has 1 atom stereocenters. The van der Waals surface area contributed by atoms with Gasteiger partial charge in [0.2, 0.25) is 0 Å². The molecule has 0 aliphatic heterocycles. The zero-order chi connectivity index (χ0) is 15.4. The van der Waals surface area contributed by atoms with Crippen molar-refractivity contribution in [3.05, 3.63) is 58.6 Å². The lowest BCUT2D eigenvalue weighted by atomic mass is 10.1. The molecule has 6 heteroatoms. The Morgan fingerprint density at radius 1 is 1.57 bits per heavy atom. The fraction of sp³-hybridized carbons (Fsp3) is 0.267. The Hall–Kier alpha value is -2.21. The molecular formula is C15H18N4OS. The molecule has 0 bridgehead atoms. The zero-order valence-electron chi connectivity index (χ0n) is 12.1. The summed E-state index contributed by atoms with van der Waals surface area (Å²) in [4.78, 5) is 12.3. The molecule has 2 aromatic rings. The number of hydrogen-bond donors (Lipinski definition) is 2. The number of H-pyrrole nitrogens is 1. The molecule has 0 aliphatic rings. The number of amides is 1. The number of benzene rings is 1. The van der Waals surface area contributed by atoms with Crippen molar-refractivity contribution in [2.45, 2.75) is 26.4 Å². The number of aryl methyl sites for hydroxylation is 1. The number of aromatic amines is 1. The van der Waals surface area contributed by atoms with E-state index in [4.69, 9.17) is 12.2 Å². The van der Waals surface area contributed by atoms with Gasteiger partial charge in [0.1, 0.15) is 0 Å². The van der Waals surface area contributed by atoms with Crippen LogP contribution in [0.15, 0.2) is 36.9 Å². The van der Waals surface area contributed by atoms with E-state index in [2.05, 4.69) is 22.1 Å². The highest BCUT2D eigenvalue weighted by molar-refractivity contribution is 7.71. The highest BCUT2D eigenvalue weighted by atomic mass is 32.1. The van der Waals surface area contributed by atoms with Gasteiger partial charge in [-0.3, -0.25) is 14.5 Å². The molecule has 0 fully saturated rings. The summed E-state index contributed by atoms with van der Waals surface area (Å²) in [5, 5.41) is 9.87. The largest absolute Gasteiger partial charge is 0.342 e. The predicted octanol–water partition coefficient (Wildman–Crippen LogP) is 2.93. The first-order valence-electron chi connectivity index (χ1n) is 6.67. The Kier molecular flexibility index (Phi) is 4.70. The van der Waals surface area contributed by atoms with Crippen LogP contribution in [0.1, 0.15) is 34.7 Å². The Balaban J connectivity index is 2.20. The molecule has 0 radical (unpaired) electrons. The number of nitrogens with one attached hydrogen (secondary N) is 2. The second-order valence-electron chi connectivity index (χ2n) is 4.80. The van der Waals surface area contributed by atoms with Gasteiger partial charge in [0, 0.05) is 12.1 Å². The summed E-state index contributed by atoms with van der Waals surface area (Å²) in [5.41, 5.74) is 1.60. The standard InChI is InChI=1S/C15H18N4OS/c1-4-9-19-13(17-18-15(19)21)11(3)16-14(20)12-8-6-5-7-10(12)2/h4-8,11H,1,9H2,2-3H3,(H,16,20)(H,18,21)/t11-/m0/s1. The van der Waals surface area contributed by atoms with Gasteiger partial charge in [0.05, 0.1) is 6.04 Å². The minimum atomic E-state index is -0.259. The molecule has 1 aromatic heterocycles. The highest BCUT2D eigenvalue weighted by Crippen LogP contribution is 2.13. The number of aromatic nitrogens is 3. The molecule has 110 valence electrons. The van der Waals surface area contributed by atoms with E-state index in [1.807, 2.05) is 36.6 Å². The Morgan fingerprint density at radius 3 is 2.95 bits per heavy atom. The summed E-state index contributed by atoms with van der Waals surface area (Å²) < 4.78 is 2.33. The van der Waals surface area contributed by atoms with Crippen LogP contribution in [0.25, 0.3) is 0 Å². The number of rotatable bonds is 5. The summed E-state index contributed by atoms with van der Waals surface area (Å²) in [5.74, 6) is 0.557. The third-order valence-corrected chi connectivity index (χ3v) is 3.54. The first-order chi connectivity index (χ1) is 10.0. The third kappa shape index (κ3) is 3.28. The molecule has 0 aliphatic carbocycles. The summed E-state index contributed by atoms with van der Waals surface area (Å²) in [6.45, 7) is 8.04. The maximum atomic E-state index is 12.3. The van der Waals surface area contributed by atoms with Crippen molar-refractivity contribution >= 4 is 18.1 Å². The van der Waals surface area contributed by atoms with Gasteiger partial charge in [-0.2, -0.15) is 5.10 Å². The van der Waals surface area contributed by atoms with E-state index in [-0.39, 0.29) is 11.9 Å². The lowest BCUT2D eigenvalue weighted by Crippen LogP contribution is -2.29. The number of carbonyl (C=O) groups excluding carboxylic acids is 1. The molecule has 21 heavy (non-hydrogen) atoms. The molecule has 0 unspecified atom stereocenters. The third-order valence-electron chi connectivity index (χ3n) is 3.22. The molecule has 1 heterocycles. The normalized spacial score (nSPS) is 11.9. The maximum Gasteiger partial charge on any atom is 0.252 e. The number of nitrogens with zero attached hydrogens (tertiary/aromatic N) is 2. The SMILES string of the molecule is C=CCn1c([C@H](C)NC(=O)c2ccccc2C)n[nH]c1=S. The van der Waals surface area contributed by atoms with Gasteiger partial charge in [0.25, 0.3) is 5.91 Å². The van der Waals surface area contributed by atoms with Crippen molar-refractivity contribution < 1.29 is 4.79 Å². The van der Waals surface area contributed by atoms with Crippen LogP contribution in [0.5, 0.6) is 0 Å². The van der Waals surface area contributed by atoms with E-state index < -0.39 is 0 Å². The highest BCUT2D eigenvalue weighted by Gasteiger charge is 2.17. The van der Waals surface area contributed by atoms with Crippen molar-refractivity contribution in [2.75, 3.05) is 0 Å². The lowest BCUT2D eigenvalue weighted by Gasteiger charge is -2.15. The van der Waals surface area contributed by atoms with Crippen molar-refractivity contribution in [1.29, 1.82) is 0 Å². The quantitative estimate of drug-likeness (QED) is 0.659. The first kappa shape index (κ1) is 15.2. The molecule has 1 amide bonds. The Bertz CT molecular complexity index is 716. The smallest absolute Gasteiger partial charge is 0.252 e. The minimum absolute atomic E-state index is 0.125. The van der Waals surface area contributed by atoms with Crippen LogP contribution < -0.4 is 5.32 Å². The van der Waals surface area contributed by atoms with Crippen molar-refractivity contribution in [2.24, 2.45) is 0 Å². The zero-order valence-corrected chi connectivity index (χ0v) is 12.9. The van der Waals surface area contributed by atoms with Crippen LogP contribution in [0, 0.1) is 11.7 Å². The molecule has 0 saturated heterocycles. The van der Waals surface area contributed by atoms with Crippen LogP contribution >= 0.6 is 12.2 Å². The van der Waals surface area contributed by atoms with Crippen LogP contribution in [-0.4, -0.2) is 20.7 Å². The van der Waals surface area contributed by atoms with E-state index in [1.54, 1.807) is 12.1 Å². The number of carbonyl (C=O) groups is 1. The van der Waals surface area contributed by atoms with E-state index >= 15 is 0 Å². The fourth-order valence-electron chi connectivity index (χ4n) is 2.13. The summed E-state index contributed by atoms with van der Waals surface area (Å²) in [6.07, 6.45) is 1.74. The monoisotopic (exact) mass is 302 g/mol. The van der Waals surface area contributed by atoms with E-state index in [1.165, 1.54) is 0 Å². The van der Waals surface area contributed by atoms with Gasteiger partial charge in [-0.1, -0.05) is 24.3 Å². The number of hydrogen-bond acceptors (Lipinski definition) is 3. The molecule has 0 spiro atoms. The topological polar surface area (TPSA) is 62.7 Å². The Labute approximate surface area is 128 Å². The maximum absolute atomic E-state index is 12.3. The van der Waals surface area contributed by atoms with Crippen molar-refractivity contribution in [3.63, 3.8) is 0 Å². The second kappa shape index (κ2) is 6.49. The molecule has 2 rings (SSSR count). The Morgan fingerprint density at radius 2 is 2.29 bits per heavy atom. The van der Waals surface area contributed by atoms with E-state index in [9.17, 15) is 4.79 Å². The fourth-order valence-corrected chi connectivity index (χ4v) is 2.35. The van der Waals surface area contributed by atoms with Crippen LogP contribution in [0.4, 0.5) is 0 Å². The second-order valence-corrected chi connectivity index (χ2v) is 5.18. The minimum Gasteiger partial charge on any atom is -0.342 e. The molecule has 2 N–H and O–H groups in total. The number of allylic oxidation sites excluding steroid dienone is 1. The lowest BCUT2D eigenvalue weighted by molar-refractivity contribution is 0.0937. The summed E-state index contributed by atoms with van der Waals surface area (Å²) in [7, 11) is 0. The summed E-state index contributed by atoms with van der Waals surface area (Å²) in [6, 6.07) is 7.21. The average Bonchev–Trinajstić information content (AvgIpc) is 2.81. The first-order valence-corrected chi connectivity index (χ1v) is 7.08. The van der Waals surface area contributed by atoms with E-state index in [0.717, 1.165) is 5.56 Å². The summed E-state index contributed by atoms with van der Waals surface area (Å²) >= 11 is 5.17. The van der Waals surface area contributed by atoms with Gasteiger partial charge >= 0.3 is 0 Å². The van der Waals surface area contributed by atoms with Gasteiger partial charge in [-0.05, 0) is 37.7 Å².